The number of ketones is 2. The first-order chi connectivity index (χ1) is 23.6. The maximum atomic E-state index is 13.1. The van der Waals surface area contributed by atoms with Gasteiger partial charge in [-0.2, -0.15) is 0 Å². The van der Waals surface area contributed by atoms with E-state index in [2.05, 4.69) is 0 Å². The first-order valence-corrected chi connectivity index (χ1v) is 22.6. The van der Waals surface area contributed by atoms with Gasteiger partial charge in [-0.1, -0.05) is 12.1 Å². The number of carbonyl (C=O) groups excluding carboxylic acids is 4. The molecule has 4 aromatic rings. The van der Waals surface area contributed by atoms with Crippen molar-refractivity contribution in [2.45, 2.75) is 48.4 Å². The fourth-order valence-corrected chi connectivity index (χ4v) is 14.9. The molecule has 0 unspecified atom stereocenters. The molecule has 0 amide bonds. The molecule has 0 saturated carbocycles. The number of unbranched alkanes of at least 4 members (excludes halogenated alkanes) is 2. The average molecular weight is 775 g/mol. The Bertz CT molecular complexity index is 1610. The van der Waals surface area contributed by atoms with E-state index in [9.17, 15) is 29.4 Å². The summed E-state index contributed by atoms with van der Waals surface area (Å²) in [5.41, 5.74) is 1.03. The summed E-state index contributed by atoms with van der Waals surface area (Å²) >= 11 is -4.38. The summed E-state index contributed by atoms with van der Waals surface area (Å²) < 4.78 is 24.1. The van der Waals surface area contributed by atoms with Crippen LogP contribution < -0.4 is 9.47 Å². The fraction of sp³-hybridized carbons (Fsp3) is 0.263. The van der Waals surface area contributed by atoms with Gasteiger partial charge in [0.25, 0.3) is 0 Å². The predicted octanol–water partition coefficient (Wildman–Crippen LogP) is 7.15. The van der Waals surface area contributed by atoms with E-state index in [4.69, 9.17) is 15.6 Å². The standard InChI is InChI=1S/2C15H12O5.2C4H9.Sn/c2*16-13-8-11(20-9-14(17)18)6-7-12(13)15(19)10-4-2-1-3-5-10;2*1-3-4-2;/h2*1-8,16H,9H2,(H,17,18);2*1,3-4H2,2H3;/q;;;;+2/p-2. The summed E-state index contributed by atoms with van der Waals surface area (Å²) in [7, 11) is 0. The molecule has 0 atom stereocenters. The van der Waals surface area contributed by atoms with Gasteiger partial charge in [0.1, 0.15) is 0 Å². The molecule has 0 radical (unpaired) electrons. The molecule has 0 saturated heterocycles. The summed E-state index contributed by atoms with van der Waals surface area (Å²) in [6.07, 6.45) is 2.98. The first kappa shape index (κ1) is 37.0. The molecule has 0 bridgehead atoms. The van der Waals surface area contributed by atoms with Gasteiger partial charge in [0.05, 0.1) is 0 Å². The number of rotatable bonds is 18. The number of phenolic OH excluding ortho intramolecular Hbond substituents is 2. The third kappa shape index (κ3) is 10.6. The third-order valence-corrected chi connectivity index (χ3v) is 17.4. The molecule has 0 heterocycles. The molecule has 0 spiro atoms. The summed E-state index contributed by atoms with van der Waals surface area (Å²) in [5.74, 6) is -2.38. The Morgan fingerprint density at radius 1 is 0.571 bits per heavy atom. The zero-order chi connectivity index (χ0) is 35.2. The minimum absolute atomic E-state index is 0.0939. The van der Waals surface area contributed by atoms with Crippen molar-refractivity contribution in [3.63, 3.8) is 0 Å². The Labute approximate surface area is 290 Å². The van der Waals surface area contributed by atoms with E-state index >= 15 is 0 Å². The van der Waals surface area contributed by atoms with E-state index in [-0.39, 0.29) is 45.7 Å². The van der Waals surface area contributed by atoms with Gasteiger partial charge in [0.2, 0.25) is 0 Å². The zero-order valence-electron chi connectivity index (χ0n) is 27.6. The quantitative estimate of drug-likeness (QED) is 0.0790. The van der Waals surface area contributed by atoms with Crippen LogP contribution in [0.25, 0.3) is 0 Å². The van der Waals surface area contributed by atoms with Crippen molar-refractivity contribution in [2.75, 3.05) is 13.2 Å². The van der Waals surface area contributed by atoms with Crippen LogP contribution >= 0.6 is 0 Å². The summed E-state index contributed by atoms with van der Waals surface area (Å²) in [6.45, 7) is 2.99. The Morgan fingerprint density at radius 3 is 1.31 bits per heavy atom. The second-order valence-electron chi connectivity index (χ2n) is 11.4. The Balaban J connectivity index is 1.39. The number of hydrogen-bond acceptors (Lipinski definition) is 10. The van der Waals surface area contributed by atoms with Crippen LogP contribution in [0.1, 0.15) is 71.4 Å². The Morgan fingerprint density at radius 2 is 0.959 bits per heavy atom. The number of carbonyl (C=O) groups is 4. The number of benzene rings is 4. The molecule has 10 nitrogen and oxygen atoms in total. The summed E-state index contributed by atoms with van der Waals surface area (Å²) in [5, 5.41) is 21.0. The van der Waals surface area contributed by atoms with Crippen LogP contribution in [0.2, 0.25) is 8.87 Å². The van der Waals surface area contributed by atoms with Crippen LogP contribution in [0.15, 0.2) is 97.1 Å². The fourth-order valence-electron chi connectivity index (χ4n) is 5.08. The first-order valence-electron chi connectivity index (χ1n) is 16.2. The second kappa shape index (κ2) is 18.1. The maximum absolute atomic E-state index is 13.1. The van der Waals surface area contributed by atoms with Crippen LogP contribution in [0.4, 0.5) is 0 Å². The molecule has 11 heteroatoms. The van der Waals surface area contributed by atoms with Crippen LogP contribution in [-0.4, -0.2) is 66.1 Å². The van der Waals surface area contributed by atoms with Gasteiger partial charge in [-0.25, -0.2) is 0 Å². The monoisotopic (exact) mass is 776 g/mol. The topological polar surface area (TPSA) is 146 Å². The molecule has 49 heavy (non-hydrogen) atoms. The van der Waals surface area contributed by atoms with Gasteiger partial charge >= 0.3 is 280 Å². The van der Waals surface area contributed by atoms with E-state index in [0.717, 1.165) is 12.8 Å². The molecule has 256 valence electrons. The number of hydrogen-bond donors (Lipinski definition) is 2. The number of aromatic hydroxyl groups is 2. The zero-order valence-corrected chi connectivity index (χ0v) is 30.4. The SMILES string of the molecule is CCC[CH2][Sn]([CH2]CCC)([O]C(=O)COc1ccc(C(=O)c2ccccc2)c(O)c1)[O]C(=O)COc1ccc(C(=O)c2ccccc2)c(O)c1. The van der Waals surface area contributed by atoms with Crippen LogP contribution in [-0.2, 0) is 15.7 Å². The van der Waals surface area contributed by atoms with Gasteiger partial charge in [0, 0.05) is 0 Å². The molecule has 2 N–H and O–H groups in total. The molecule has 0 aliphatic rings. The molecule has 0 aromatic heterocycles. The van der Waals surface area contributed by atoms with Gasteiger partial charge in [-0.15, -0.1) is 0 Å². The van der Waals surface area contributed by atoms with Gasteiger partial charge in [-0.05, 0) is 0 Å². The van der Waals surface area contributed by atoms with Gasteiger partial charge < -0.3 is 0 Å². The van der Waals surface area contributed by atoms with Crippen molar-refractivity contribution in [1.82, 2.24) is 0 Å². The van der Waals surface area contributed by atoms with E-state index < -0.39 is 44.4 Å². The van der Waals surface area contributed by atoms with Gasteiger partial charge in [-0.3, -0.25) is 0 Å². The van der Waals surface area contributed by atoms with Crippen molar-refractivity contribution >= 4 is 42.7 Å². The summed E-state index contributed by atoms with van der Waals surface area (Å²) in [6, 6.07) is 25.4. The molecular formula is C38H40O10Sn. The van der Waals surface area contributed by atoms with Crippen molar-refractivity contribution < 1.29 is 45.0 Å². The van der Waals surface area contributed by atoms with E-state index in [1.807, 2.05) is 13.8 Å². The second-order valence-corrected chi connectivity index (χ2v) is 20.6. The summed E-state index contributed by atoms with van der Waals surface area (Å²) in [4.78, 5) is 51.7. The third-order valence-electron chi connectivity index (χ3n) is 7.64. The van der Waals surface area contributed by atoms with Crippen LogP contribution in [0.3, 0.4) is 0 Å². The minimum atomic E-state index is -4.38. The predicted molar refractivity (Wildman–Crippen MR) is 184 cm³/mol. The normalized spacial score (nSPS) is 11.0. The molecular weight excluding hydrogens is 735 g/mol. The van der Waals surface area contributed by atoms with Crippen molar-refractivity contribution in [2.24, 2.45) is 0 Å². The van der Waals surface area contributed by atoms with Gasteiger partial charge in [0.15, 0.2) is 0 Å². The molecule has 0 fully saturated rings. The molecule has 0 aliphatic heterocycles. The van der Waals surface area contributed by atoms with Crippen molar-refractivity contribution in [1.29, 1.82) is 0 Å². The van der Waals surface area contributed by atoms with E-state index in [1.165, 1.54) is 36.4 Å². The van der Waals surface area contributed by atoms with Crippen molar-refractivity contribution in [3.8, 4) is 23.0 Å². The number of ether oxygens (including phenoxy) is 2. The van der Waals surface area contributed by atoms with Crippen molar-refractivity contribution in [3.05, 3.63) is 119 Å². The average Bonchev–Trinajstić information content (AvgIpc) is 3.11. The Kier molecular flexibility index (Phi) is 13.6. The van der Waals surface area contributed by atoms with E-state index in [1.54, 1.807) is 60.7 Å². The van der Waals surface area contributed by atoms with E-state index in [0.29, 0.717) is 32.8 Å². The molecule has 0 aliphatic carbocycles. The molecule has 4 rings (SSSR count). The Hall–Kier alpha value is -4.84. The van der Waals surface area contributed by atoms with Crippen LogP contribution in [0.5, 0.6) is 23.0 Å². The number of phenols is 2. The molecule has 4 aromatic carbocycles. The van der Waals surface area contributed by atoms with Crippen LogP contribution in [0, 0.1) is 0 Å².